The van der Waals surface area contributed by atoms with E-state index in [1.165, 1.54) is 49.9 Å². The fraction of sp³-hybridized carbons (Fsp3) is 0.778. The maximum absolute atomic E-state index is 3.94. The van der Waals surface area contributed by atoms with Crippen molar-refractivity contribution in [2.75, 3.05) is 13.1 Å². The van der Waals surface area contributed by atoms with E-state index in [-0.39, 0.29) is 5.41 Å². The van der Waals surface area contributed by atoms with Crippen LogP contribution in [0.3, 0.4) is 0 Å². The Balaban J connectivity index is 1.59. The summed E-state index contributed by atoms with van der Waals surface area (Å²) in [5.41, 5.74) is 0.249. The highest BCUT2D eigenvalue weighted by Crippen LogP contribution is 2.32. The molecule has 2 N–H and O–H groups in total. The van der Waals surface area contributed by atoms with Gasteiger partial charge in [0.1, 0.15) is 0 Å². The quantitative estimate of drug-likeness (QED) is 0.861. The van der Waals surface area contributed by atoms with Gasteiger partial charge in [-0.15, -0.1) is 11.3 Å². The smallest absolute Gasteiger partial charge is 0.0115 e. The molecule has 1 saturated heterocycles. The Morgan fingerprint density at radius 1 is 1.24 bits per heavy atom. The number of hydrogen-bond donors (Lipinski definition) is 2. The maximum atomic E-state index is 3.94. The van der Waals surface area contributed by atoms with E-state index in [2.05, 4.69) is 42.0 Å². The second-order valence-electron chi connectivity index (χ2n) is 7.50. The first-order valence-electron chi connectivity index (χ1n) is 8.67. The van der Waals surface area contributed by atoms with Crippen molar-refractivity contribution < 1.29 is 0 Å². The molecule has 3 atom stereocenters. The molecule has 1 aliphatic heterocycles. The van der Waals surface area contributed by atoms with E-state index in [0.717, 1.165) is 18.5 Å². The maximum Gasteiger partial charge on any atom is 0.0115 e. The molecule has 2 nitrogen and oxygen atoms in total. The summed E-state index contributed by atoms with van der Waals surface area (Å²) in [6.45, 7) is 7.07. The molecule has 0 aromatic carbocycles. The molecule has 1 aliphatic carbocycles. The molecule has 1 saturated carbocycles. The molecule has 1 aromatic rings. The van der Waals surface area contributed by atoms with Gasteiger partial charge < -0.3 is 10.6 Å². The third-order valence-electron chi connectivity index (χ3n) is 5.43. The summed E-state index contributed by atoms with van der Waals surface area (Å²) < 4.78 is 0. The van der Waals surface area contributed by atoms with Crippen LogP contribution in [-0.2, 0) is 5.41 Å². The molecule has 2 heterocycles. The zero-order chi connectivity index (χ0) is 14.7. The third kappa shape index (κ3) is 3.69. The average Bonchev–Trinajstić information content (AvgIpc) is 3.18. The predicted molar refractivity (Wildman–Crippen MR) is 92.1 cm³/mol. The second kappa shape index (κ2) is 6.80. The van der Waals surface area contributed by atoms with E-state index in [9.17, 15) is 0 Å². The second-order valence-corrected chi connectivity index (χ2v) is 8.45. The zero-order valence-electron chi connectivity index (χ0n) is 13.5. The van der Waals surface area contributed by atoms with E-state index < -0.39 is 0 Å². The van der Waals surface area contributed by atoms with E-state index in [1.54, 1.807) is 0 Å². The molecule has 3 heteroatoms. The van der Waals surface area contributed by atoms with E-state index in [1.807, 2.05) is 11.3 Å². The average molecular weight is 307 g/mol. The number of hydrogen-bond acceptors (Lipinski definition) is 3. The minimum absolute atomic E-state index is 0.249. The zero-order valence-corrected chi connectivity index (χ0v) is 14.3. The van der Waals surface area contributed by atoms with Gasteiger partial charge in [-0.05, 0) is 49.6 Å². The third-order valence-corrected chi connectivity index (χ3v) is 6.66. The van der Waals surface area contributed by atoms with E-state index in [4.69, 9.17) is 0 Å². The lowest BCUT2D eigenvalue weighted by atomic mass is 9.78. The number of rotatable bonds is 5. The van der Waals surface area contributed by atoms with Crippen LogP contribution in [0.4, 0.5) is 0 Å². The lowest BCUT2D eigenvalue weighted by Gasteiger charge is -2.38. The van der Waals surface area contributed by atoms with Crippen LogP contribution in [-0.4, -0.2) is 25.2 Å². The van der Waals surface area contributed by atoms with Crippen LogP contribution in [0, 0.1) is 5.92 Å². The van der Waals surface area contributed by atoms with Gasteiger partial charge >= 0.3 is 0 Å². The Morgan fingerprint density at radius 3 is 2.81 bits per heavy atom. The SMILES string of the molecule is CC(C)(CNC1CCCCC1C1CCCN1)c1cccs1. The molecule has 3 rings (SSSR count). The van der Waals surface area contributed by atoms with Crippen molar-refractivity contribution in [3.8, 4) is 0 Å². The fourth-order valence-electron chi connectivity index (χ4n) is 4.11. The summed E-state index contributed by atoms with van der Waals surface area (Å²) in [6.07, 6.45) is 8.36. The van der Waals surface area contributed by atoms with Crippen molar-refractivity contribution in [3.05, 3.63) is 22.4 Å². The fourth-order valence-corrected chi connectivity index (χ4v) is 4.96. The van der Waals surface area contributed by atoms with Gasteiger partial charge in [-0.2, -0.15) is 0 Å². The summed E-state index contributed by atoms with van der Waals surface area (Å²) in [7, 11) is 0. The van der Waals surface area contributed by atoms with Gasteiger partial charge in [0.15, 0.2) is 0 Å². The van der Waals surface area contributed by atoms with Gasteiger partial charge in [0, 0.05) is 28.9 Å². The Labute approximate surface area is 133 Å². The van der Waals surface area contributed by atoms with Crippen LogP contribution >= 0.6 is 11.3 Å². The van der Waals surface area contributed by atoms with Crippen LogP contribution in [0.1, 0.15) is 57.2 Å². The Morgan fingerprint density at radius 2 is 2.10 bits per heavy atom. The Hall–Kier alpha value is -0.380. The highest BCUT2D eigenvalue weighted by molar-refractivity contribution is 7.10. The van der Waals surface area contributed by atoms with Crippen molar-refractivity contribution in [2.24, 2.45) is 5.92 Å². The standard InChI is InChI=1S/C18H30N2S/c1-18(2,17-10-6-12-21-17)13-20-16-8-4-3-7-14(16)15-9-5-11-19-15/h6,10,12,14-16,19-20H,3-5,7-9,11,13H2,1-2H3. The molecule has 0 radical (unpaired) electrons. The molecule has 0 amide bonds. The molecular formula is C18H30N2S. The minimum Gasteiger partial charge on any atom is -0.314 e. The van der Waals surface area contributed by atoms with Gasteiger partial charge in [0.05, 0.1) is 0 Å². The molecule has 0 spiro atoms. The van der Waals surface area contributed by atoms with Crippen LogP contribution in [0.2, 0.25) is 0 Å². The molecule has 2 aliphatic rings. The van der Waals surface area contributed by atoms with Gasteiger partial charge in [0.2, 0.25) is 0 Å². The summed E-state index contributed by atoms with van der Waals surface area (Å²) >= 11 is 1.89. The van der Waals surface area contributed by atoms with Gasteiger partial charge in [-0.1, -0.05) is 32.8 Å². The monoisotopic (exact) mass is 306 g/mol. The predicted octanol–water partition coefficient (Wildman–Crippen LogP) is 3.93. The molecule has 2 fully saturated rings. The lowest BCUT2D eigenvalue weighted by molar-refractivity contribution is 0.207. The van der Waals surface area contributed by atoms with Crippen molar-refractivity contribution >= 4 is 11.3 Å². The molecule has 118 valence electrons. The Bertz CT molecular complexity index is 420. The van der Waals surface area contributed by atoms with Gasteiger partial charge in [-0.3, -0.25) is 0 Å². The molecule has 0 bridgehead atoms. The highest BCUT2D eigenvalue weighted by atomic mass is 32.1. The topological polar surface area (TPSA) is 24.1 Å². The first-order chi connectivity index (χ1) is 10.2. The minimum atomic E-state index is 0.249. The first kappa shape index (κ1) is 15.5. The summed E-state index contributed by atoms with van der Waals surface area (Å²) in [5.74, 6) is 0.848. The van der Waals surface area contributed by atoms with Gasteiger partial charge in [0.25, 0.3) is 0 Å². The van der Waals surface area contributed by atoms with Gasteiger partial charge in [-0.25, -0.2) is 0 Å². The summed E-state index contributed by atoms with van der Waals surface area (Å²) in [6, 6.07) is 5.94. The van der Waals surface area contributed by atoms with Crippen molar-refractivity contribution in [1.82, 2.24) is 10.6 Å². The normalized spacial score (nSPS) is 30.7. The van der Waals surface area contributed by atoms with Crippen LogP contribution < -0.4 is 10.6 Å². The Kier molecular flexibility index (Phi) is 5.03. The molecular weight excluding hydrogens is 276 g/mol. The number of nitrogens with one attached hydrogen (secondary N) is 2. The molecule has 1 aromatic heterocycles. The number of thiophene rings is 1. The van der Waals surface area contributed by atoms with E-state index in [0.29, 0.717) is 6.04 Å². The summed E-state index contributed by atoms with van der Waals surface area (Å²) in [5, 5.41) is 9.88. The lowest BCUT2D eigenvalue weighted by Crippen LogP contribution is -2.49. The van der Waals surface area contributed by atoms with Crippen molar-refractivity contribution in [2.45, 2.75) is 69.9 Å². The van der Waals surface area contributed by atoms with E-state index >= 15 is 0 Å². The first-order valence-corrected chi connectivity index (χ1v) is 9.55. The molecule has 21 heavy (non-hydrogen) atoms. The van der Waals surface area contributed by atoms with Crippen molar-refractivity contribution in [3.63, 3.8) is 0 Å². The summed E-state index contributed by atoms with van der Waals surface area (Å²) in [4.78, 5) is 1.50. The molecule has 3 unspecified atom stereocenters. The van der Waals surface area contributed by atoms with Crippen LogP contribution in [0.25, 0.3) is 0 Å². The van der Waals surface area contributed by atoms with Crippen LogP contribution in [0.5, 0.6) is 0 Å². The highest BCUT2D eigenvalue weighted by Gasteiger charge is 2.34. The largest absolute Gasteiger partial charge is 0.314 e. The van der Waals surface area contributed by atoms with Crippen molar-refractivity contribution in [1.29, 1.82) is 0 Å². The van der Waals surface area contributed by atoms with Crippen LogP contribution in [0.15, 0.2) is 17.5 Å².